The standard InChI is InChI=1S/C6H6ClFN2/c1-3-5(7)9-4(2)10-6(3)8/h1-2H3. The Morgan fingerprint density at radius 2 is 1.90 bits per heavy atom. The second-order valence-electron chi connectivity index (χ2n) is 1.98. The van der Waals surface area contributed by atoms with E-state index in [1.807, 2.05) is 0 Å². The summed E-state index contributed by atoms with van der Waals surface area (Å²) in [5, 5.41) is 0.185. The zero-order valence-electron chi connectivity index (χ0n) is 5.65. The summed E-state index contributed by atoms with van der Waals surface area (Å²) in [5.41, 5.74) is 0.298. The van der Waals surface area contributed by atoms with Gasteiger partial charge in [0.05, 0.1) is 0 Å². The van der Waals surface area contributed by atoms with Crippen molar-refractivity contribution in [3.8, 4) is 0 Å². The first-order chi connectivity index (χ1) is 4.61. The average molecular weight is 161 g/mol. The van der Waals surface area contributed by atoms with Crippen LogP contribution in [0.1, 0.15) is 11.4 Å². The summed E-state index contributed by atoms with van der Waals surface area (Å²) in [6.07, 6.45) is 0. The van der Waals surface area contributed by atoms with E-state index in [2.05, 4.69) is 9.97 Å². The van der Waals surface area contributed by atoms with Gasteiger partial charge in [0.15, 0.2) is 0 Å². The van der Waals surface area contributed by atoms with Crippen LogP contribution in [0.25, 0.3) is 0 Å². The molecule has 0 unspecified atom stereocenters. The number of aromatic nitrogens is 2. The van der Waals surface area contributed by atoms with Gasteiger partial charge in [0.1, 0.15) is 11.0 Å². The Labute approximate surface area is 63.1 Å². The second-order valence-corrected chi connectivity index (χ2v) is 2.34. The first-order valence-electron chi connectivity index (χ1n) is 2.77. The molecule has 1 aromatic rings. The molecule has 2 nitrogen and oxygen atoms in total. The van der Waals surface area contributed by atoms with Crippen molar-refractivity contribution in [1.82, 2.24) is 9.97 Å². The Kier molecular flexibility index (Phi) is 1.85. The van der Waals surface area contributed by atoms with Gasteiger partial charge in [0.2, 0.25) is 5.95 Å². The van der Waals surface area contributed by atoms with Crippen molar-refractivity contribution in [1.29, 1.82) is 0 Å². The van der Waals surface area contributed by atoms with E-state index in [4.69, 9.17) is 11.6 Å². The Balaban J connectivity index is 3.31. The number of halogens is 2. The van der Waals surface area contributed by atoms with Gasteiger partial charge >= 0.3 is 0 Å². The summed E-state index contributed by atoms with van der Waals surface area (Å²) in [4.78, 5) is 7.22. The van der Waals surface area contributed by atoms with Crippen LogP contribution in [0.2, 0.25) is 5.15 Å². The summed E-state index contributed by atoms with van der Waals surface area (Å²) in [5.74, 6) is -0.189. The van der Waals surface area contributed by atoms with Crippen LogP contribution in [0.5, 0.6) is 0 Å². The zero-order valence-corrected chi connectivity index (χ0v) is 6.41. The number of hydrogen-bond acceptors (Lipinski definition) is 2. The molecule has 0 aromatic carbocycles. The first kappa shape index (κ1) is 7.41. The summed E-state index contributed by atoms with van der Waals surface area (Å²) in [6, 6.07) is 0. The quantitative estimate of drug-likeness (QED) is 0.542. The summed E-state index contributed by atoms with van der Waals surface area (Å²) in [7, 11) is 0. The minimum Gasteiger partial charge on any atom is -0.221 e. The topological polar surface area (TPSA) is 25.8 Å². The van der Waals surface area contributed by atoms with Gasteiger partial charge in [-0.2, -0.15) is 4.39 Å². The first-order valence-corrected chi connectivity index (χ1v) is 3.15. The molecule has 0 saturated heterocycles. The second kappa shape index (κ2) is 2.50. The molecule has 4 heteroatoms. The van der Waals surface area contributed by atoms with Crippen LogP contribution in [-0.4, -0.2) is 9.97 Å². The number of aryl methyl sites for hydroxylation is 1. The minimum absolute atomic E-state index is 0.185. The maximum absolute atomic E-state index is 12.6. The molecule has 1 rings (SSSR count). The highest BCUT2D eigenvalue weighted by atomic mass is 35.5. The third kappa shape index (κ3) is 1.24. The summed E-state index contributed by atoms with van der Waals surface area (Å²) >= 11 is 5.53. The Morgan fingerprint density at radius 3 is 2.40 bits per heavy atom. The molecule has 0 aliphatic rings. The molecular formula is C6H6ClFN2. The predicted octanol–water partition coefficient (Wildman–Crippen LogP) is 1.89. The van der Waals surface area contributed by atoms with Gasteiger partial charge in [-0.15, -0.1) is 0 Å². The van der Waals surface area contributed by atoms with Crippen molar-refractivity contribution in [2.45, 2.75) is 13.8 Å². The lowest BCUT2D eigenvalue weighted by Crippen LogP contribution is -1.96. The highest BCUT2D eigenvalue weighted by Crippen LogP contribution is 2.12. The fraction of sp³-hybridized carbons (Fsp3) is 0.333. The predicted molar refractivity (Wildman–Crippen MR) is 36.5 cm³/mol. The molecule has 0 saturated carbocycles. The third-order valence-electron chi connectivity index (χ3n) is 1.14. The van der Waals surface area contributed by atoms with Gasteiger partial charge in [-0.1, -0.05) is 11.6 Å². The van der Waals surface area contributed by atoms with Crippen LogP contribution in [0, 0.1) is 19.8 Å². The maximum Gasteiger partial charge on any atom is 0.220 e. The summed E-state index contributed by atoms with van der Waals surface area (Å²) in [6.45, 7) is 3.13. The summed E-state index contributed by atoms with van der Waals surface area (Å²) < 4.78 is 12.6. The molecule has 1 aromatic heterocycles. The van der Waals surface area contributed by atoms with Crippen LogP contribution in [0.3, 0.4) is 0 Å². The lowest BCUT2D eigenvalue weighted by molar-refractivity contribution is 0.564. The molecular weight excluding hydrogens is 155 g/mol. The molecule has 0 N–H and O–H groups in total. The smallest absolute Gasteiger partial charge is 0.220 e. The lowest BCUT2D eigenvalue weighted by atomic mass is 10.4. The molecule has 0 amide bonds. The van der Waals surface area contributed by atoms with Gasteiger partial charge in [0.25, 0.3) is 0 Å². The molecule has 54 valence electrons. The van der Waals surface area contributed by atoms with Gasteiger partial charge in [0, 0.05) is 5.56 Å². The van der Waals surface area contributed by atoms with E-state index in [1.165, 1.54) is 6.92 Å². The van der Waals surface area contributed by atoms with E-state index < -0.39 is 5.95 Å². The van der Waals surface area contributed by atoms with Crippen LogP contribution in [0.15, 0.2) is 0 Å². The largest absolute Gasteiger partial charge is 0.221 e. The minimum atomic E-state index is -0.544. The van der Waals surface area contributed by atoms with Gasteiger partial charge < -0.3 is 0 Å². The van der Waals surface area contributed by atoms with Gasteiger partial charge in [-0.25, -0.2) is 9.97 Å². The number of rotatable bonds is 0. The van der Waals surface area contributed by atoms with Crippen molar-refractivity contribution in [2.75, 3.05) is 0 Å². The highest BCUT2D eigenvalue weighted by Gasteiger charge is 2.04. The van der Waals surface area contributed by atoms with Gasteiger partial charge in [-0.3, -0.25) is 0 Å². The molecule has 0 aliphatic carbocycles. The van der Waals surface area contributed by atoms with Crippen LogP contribution >= 0.6 is 11.6 Å². The Morgan fingerprint density at radius 1 is 1.30 bits per heavy atom. The van der Waals surface area contributed by atoms with E-state index >= 15 is 0 Å². The Hall–Kier alpha value is -0.700. The van der Waals surface area contributed by atoms with Crippen molar-refractivity contribution in [3.05, 3.63) is 22.5 Å². The van der Waals surface area contributed by atoms with Crippen molar-refractivity contribution in [3.63, 3.8) is 0 Å². The van der Waals surface area contributed by atoms with E-state index in [-0.39, 0.29) is 5.15 Å². The van der Waals surface area contributed by atoms with Gasteiger partial charge in [-0.05, 0) is 13.8 Å². The SMILES string of the molecule is Cc1nc(F)c(C)c(Cl)n1. The molecule has 0 fully saturated rings. The van der Waals surface area contributed by atoms with E-state index in [0.717, 1.165) is 0 Å². The third-order valence-corrected chi connectivity index (χ3v) is 1.51. The number of hydrogen-bond donors (Lipinski definition) is 0. The van der Waals surface area contributed by atoms with Crippen molar-refractivity contribution in [2.24, 2.45) is 0 Å². The molecule has 10 heavy (non-hydrogen) atoms. The average Bonchev–Trinajstić information content (AvgIpc) is 1.82. The zero-order chi connectivity index (χ0) is 7.72. The molecule has 0 atom stereocenters. The fourth-order valence-corrected chi connectivity index (χ4v) is 0.762. The van der Waals surface area contributed by atoms with E-state index in [1.54, 1.807) is 6.92 Å². The number of nitrogens with zero attached hydrogens (tertiary/aromatic N) is 2. The van der Waals surface area contributed by atoms with Crippen molar-refractivity contribution >= 4 is 11.6 Å². The van der Waals surface area contributed by atoms with Crippen LogP contribution < -0.4 is 0 Å². The maximum atomic E-state index is 12.6. The monoisotopic (exact) mass is 160 g/mol. The van der Waals surface area contributed by atoms with Crippen LogP contribution in [0.4, 0.5) is 4.39 Å². The Bertz CT molecular complexity index is 239. The highest BCUT2D eigenvalue weighted by molar-refractivity contribution is 6.30. The fourth-order valence-electron chi connectivity index (χ4n) is 0.562. The normalized spacial score (nSPS) is 10.0. The molecule has 0 aliphatic heterocycles. The molecule has 0 radical (unpaired) electrons. The molecule has 0 bridgehead atoms. The van der Waals surface area contributed by atoms with E-state index in [9.17, 15) is 4.39 Å². The van der Waals surface area contributed by atoms with E-state index in [0.29, 0.717) is 11.4 Å². The lowest BCUT2D eigenvalue weighted by Gasteiger charge is -1.97. The molecule has 1 heterocycles. The molecule has 0 spiro atoms. The van der Waals surface area contributed by atoms with Crippen LogP contribution in [-0.2, 0) is 0 Å². The van der Waals surface area contributed by atoms with Crippen molar-refractivity contribution < 1.29 is 4.39 Å².